The molecule has 6 nitrogen and oxygen atoms in total. The monoisotopic (exact) mass is 452 g/mol. The molecule has 0 bridgehead atoms. The van der Waals surface area contributed by atoms with E-state index in [1.54, 1.807) is 4.90 Å². The van der Waals surface area contributed by atoms with Crippen LogP contribution in [0.1, 0.15) is 33.3 Å². The molecular formula is C25H29ClN4O2. The first-order valence-corrected chi connectivity index (χ1v) is 11.4. The van der Waals surface area contributed by atoms with Gasteiger partial charge in [-0.15, -0.1) is 0 Å². The summed E-state index contributed by atoms with van der Waals surface area (Å²) in [5.41, 5.74) is 2.92. The third kappa shape index (κ3) is 4.51. The van der Waals surface area contributed by atoms with Crippen LogP contribution in [-0.2, 0) is 10.2 Å². The molecule has 1 saturated heterocycles. The molecule has 0 saturated carbocycles. The zero-order valence-electron chi connectivity index (χ0n) is 19.1. The number of rotatable bonds is 3. The first kappa shape index (κ1) is 22.3. The predicted octanol–water partition coefficient (Wildman–Crippen LogP) is 5.53. The fraction of sp³-hybridized carbons (Fsp3) is 0.400. The van der Waals surface area contributed by atoms with Crippen LogP contribution in [0.3, 0.4) is 0 Å². The molecule has 32 heavy (non-hydrogen) atoms. The molecule has 1 aliphatic heterocycles. The van der Waals surface area contributed by atoms with Crippen molar-refractivity contribution in [1.82, 2.24) is 14.9 Å². The lowest BCUT2D eigenvalue weighted by Gasteiger charge is -2.35. The molecule has 1 aromatic heterocycles. The van der Waals surface area contributed by atoms with E-state index >= 15 is 0 Å². The Morgan fingerprint density at radius 3 is 2.44 bits per heavy atom. The van der Waals surface area contributed by atoms with Gasteiger partial charge >= 0.3 is 6.09 Å². The van der Waals surface area contributed by atoms with Crippen LogP contribution < -0.4 is 4.90 Å². The first-order valence-electron chi connectivity index (χ1n) is 11.0. The molecule has 1 amide bonds. The summed E-state index contributed by atoms with van der Waals surface area (Å²) in [7, 11) is 0. The van der Waals surface area contributed by atoms with Crippen LogP contribution in [0.5, 0.6) is 0 Å². The molecule has 1 aliphatic rings. The number of nitrogens with zero attached hydrogens (tertiary/aromatic N) is 4. The highest BCUT2D eigenvalue weighted by Gasteiger charge is 2.25. The van der Waals surface area contributed by atoms with Gasteiger partial charge in [-0.3, -0.25) is 0 Å². The fourth-order valence-corrected chi connectivity index (χ4v) is 4.12. The van der Waals surface area contributed by atoms with Gasteiger partial charge in [0.05, 0.1) is 17.1 Å². The smallest absolute Gasteiger partial charge is 0.409 e. The summed E-state index contributed by atoms with van der Waals surface area (Å²) in [4.78, 5) is 25.9. The standard InChI is InChI=1S/C25H29ClN4O2/c1-5-32-24(31)30-14-12-29(13-15-30)23-19-16-17(25(2,3)4)10-11-21(19)27-22(28-23)18-8-6-7-9-20(18)26/h6-11,16H,5,12-15H2,1-4H3. The quantitative estimate of drug-likeness (QED) is 0.523. The van der Waals surface area contributed by atoms with E-state index in [0.717, 1.165) is 22.3 Å². The van der Waals surface area contributed by atoms with Crippen LogP contribution >= 0.6 is 11.6 Å². The maximum absolute atomic E-state index is 12.1. The van der Waals surface area contributed by atoms with Crippen molar-refractivity contribution in [3.8, 4) is 11.4 Å². The molecule has 0 radical (unpaired) electrons. The highest BCUT2D eigenvalue weighted by molar-refractivity contribution is 6.33. The van der Waals surface area contributed by atoms with Gasteiger partial charge in [0.2, 0.25) is 0 Å². The molecular weight excluding hydrogens is 424 g/mol. The number of anilines is 1. The van der Waals surface area contributed by atoms with E-state index in [9.17, 15) is 4.79 Å². The Morgan fingerprint density at radius 2 is 1.78 bits per heavy atom. The molecule has 0 unspecified atom stereocenters. The largest absolute Gasteiger partial charge is 0.450 e. The molecule has 2 aromatic carbocycles. The van der Waals surface area contributed by atoms with E-state index in [0.29, 0.717) is 43.6 Å². The van der Waals surface area contributed by atoms with Crippen molar-refractivity contribution in [1.29, 1.82) is 0 Å². The van der Waals surface area contributed by atoms with Crippen LogP contribution in [-0.4, -0.2) is 53.7 Å². The minimum absolute atomic E-state index is 0.00940. The van der Waals surface area contributed by atoms with Crippen molar-refractivity contribution >= 4 is 34.4 Å². The average molecular weight is 453 g/mol. The normalized spacial score (nSPS) is 14.7. The Balaban J connectivity index is 1.78. The van der Waals surface area contributed by atoms with Gasteiger partial charge in [-0.2, -0.15) is 0 Å². The second-order valence-corrected chi connectivity index (χ2v) is 9.41. The highest BCUT2D eigenvalue weighted by Crippen LogP contribution is 2.34. The summed E-state index contributed by atoms with van der Waals surface area (Å²) in [6.07, 6.45) is -0.258. The number of amides is 1. The summed E-state index contributed by atoms with van der Waals surface area (Å²) in [5.74, 6) is 1.48. The maximum atomic E-state index is 12.1. The van der Waals surface area contributed by atoms with Crippen LogP contribution in [0.15, 0.2) is 42.5 Å². The zero-order chi connectivity index (χ0) is 22.9. The van der Waals surface area contributed by atoms with Crippen molar-refractivity contribution in [3.63, 3.8) is 0 Å². The lowest BCUT2D eigenvalue weighted by atomic mass is 9.86. The van der Waals surface area contributed by atoms with Crippen molar-refractivity contribution in [3.05, 3.63) is 53.1 Å². The summed E-state index contributed by atoms with van der Waals surface area (Å²) >= 11 is 6.47. The minimum atomic E-state index is -0.258. The van der Waals surface area contributed by atoms with Gasteiger partial charge in [-0.25, -0.2) is 14.8 Å². The number of hydrogen-bond donors (Lipinski definition) is 0. The first-order chi connectivity index (χ1) is 15.3. The molecule has 168 valence electrons. The van der Waals surface area contributed by atoms with Gasteiger partial charge in [0.25, 0.3) is 0 Å². The second kappa shape index (κ2) is 8.94. The second-order valence-electron chi connectivity index (χ2n) is 9.01. The highest BCUT2D eigenvalue weighted by atomic mass is 35.5. The number of hydrogen-bond acceptors (Lipinski definition) is 5. The number of carbonyl (C=O) groups is 1. The predicted molar refractivity (Wildman–Crippen MR) is 129 cm³/mol. The molecule has 4 rings (SSSR count). The zero-order valence-corrected chi connectivity index (χ0v) is 19.8. The number of carbonyl (C=O) groups excluding carboxylic acids is 1. The number of fused-ring (bicyclic) bond motifs is 1. The number of piperazine rings is 1. The van der Waals surface area contributed by atoms with Gasteiger partial charge in [0.1, 0.15) is 5.82 Å². The molecule has 2 heterocycles. The van der Waals surface area contributed by atoms with Gasteiger partial charge in [0.15, 0.2) is 5.82 Å². The SMILES string of the molecule is CCOC(=O)N1CCN(c2nc(-c3ccccc3Cl)nc3ccc(C(C)(C)C)cc23)CC1. The fourth-order valence-electron chi connectivity index (χ4n) is 3.90. The van der Waals surface area contributed by atoms with E-state index in [1.165, 1.54) is 5.56 Å². The van der Waals surface area contributed by atoms with Crippen LogP contribution in [0, 0.1) is 0 Å². The summed E-state index contributed by atoms with van der Waals surface area (Å²) < 4.78 is 5.16. The van der Waals surface area contributed by atoms with Gasteiger partial charge in [0, 0.05) is 37.1 Å². The molecule has 3 aromatic rings. The van der Waals surface area contributed by atoms with Crippen molar-refractivity contribution in [2.24, 2.45) is 0 Å². The van der Waals surface area contributed by atoms with Crippen molar-refractivity contribution in [2.45, 2.75) is 33.1 Å². The molecule has 0 atom stereocenters. The molecule has 7 heteroatoms. The molecule has 1 fully saturated rings. The molecule has 0 spiro atoms. The molecule has 0 aliphatic carbocycles. The minimum Gasteiger partial charge on any atom is -0.450 e. The lowest BCUT2D eigenvalue weighted by molar-refractivity contribution is 0.105. The van der Waals surface area contributed by atoms with E-state index in [2.05, 4.69) is 43.9 Å². The van der Waals surface area contributed by atoms with Gasteiger partial charge in [-0.05, 0) is 42.2 Å². The van der Waals surface area contributed by atoms with Crippen LogP contribution in [0.25, 0.3) is 22.3 Å². The Bertz CT molecular complexity index is 1130. The van der Waals surface area contributed by atoms with E-state index in [1.807, 2.05) is 31.2 Å². The van der Waals surface area contributed by atoms with Gasteiger partial charge < -0.3 is 14.5 Å². The topological polar surface area (TPSA) is 58.6 Å². The summed E-state index contributed by atoms with van der Waals surface area (Å²) in [6, 6.07) is 14.0. The third-order valence-corrected chi connectivity index (χ3v) is 6.09. The van der Waals surface area contributed by atoms with E-state index in [4.69, 9.17) is 26.3 Å². The van der Waals surface area contributed by atoms with E-state index < -0.39 is 0 Å². The number of ether oxygens (including phenoxy) is 1. The Kier molecular flexibility index (Phi) is 6.24. The Labute approximate surface area is 194 Å². The third-order valence-electron chi connectivity index (χ3n) is 5.76. The summed E-state index contributed by atoms with van der Waals surface area (Å²) in [6.45, 7) is 11.3. The number of halogens is 1. The summed E-state index contributed by atoms with van der Waals surface area (Å²) in [5, 5.41) is 1.63. The van der Waals surface area contributed by atoms with E-state index in [-0.39, 0.29) is 11.5 Å². The maximum Gasteiger partial charge on any atom is 0.409 e. The van der Waals surface area contributed by atoms with Gasteiger partial charge in [-0.1, -0.05) is 50.6 Å². The molecule has 0 N–H and O–H groups in total. The van der Waals surface area contributed by atoms with Crippen molar-refractivity contribution in [2.75, 3.05) is 37.7 Å². The van der Waals surface area contributed by atoms with Crippen LogP contribution in [0.4, 0.5) is 10.6 Å². The Hall–Kier alpha value is -2.86. The number of aromatic nitrogens is 2. The van der Waals surface area contributed by atoms with Crippen LogP contribution in [0.2, 0.25) is 5.02 Å². The Morgan fingerprint density at radius 1 is 1.06 bits per heavy atom. The van der Waals surface area contributed by atoms with Crippen molar-refractivity contribution < 1.29 is 9.53 Å². The lowest BCUT2D eigenvalue weighted by Crippen LogP contribution is -2.49. The average Bonchev–Trinajstić information content (AvgIpc) is 2.78. The number of benzene rings is 2.